The van der Waals surface area contributed by atoms with E-state index in [2.05, 4.69) is 48.8 Å². The highest BCUT2D eigenvalue weighted by atomic mass is 32.1. The molecular formula is C15H21NOS. The van der Waals surface area contributed by atoms with Crippen molar-refractivity contribution in [3.8, 4) is 0 Å². The summed E-state index contributed by atoms with van der Waals surface area (Å²) in [6, 6.07) is 8.90. The first-order valence-electron chi connectivity index (χ1n) is 6.51. The van der Waals surface area contributed by atoms with Gasteiger partial charge >= 0.3 is 0 Å². The number of aliphatic hydroxyl groups is 1. The molecule has 2 rings (SSSR count). The van der Waals surface area contributed by atoms with Crippen LogP contribution in [0.4, 0.5) is 0 Å². The predicted molar refractivity (Wildman–Crippen MR) is 79.0 cm³/mol. The standard InChI is InChI=1S/C15H21NOS/c1-11(2)14(7-8-17)16-9-12-10-18-15-6-4-3-5-13(12)15/h3-6,10-11,14,16-17H,7-9H2,1-2H3. The molecule has 2 aromatic rings. The van der Waals surface area contributed by atoms with Gasteiger partial charge in [-0.25, -0.2) is 0 Å². The van der Waals surface area contributed by atoms with Crippen molar-refractivity contribution < 1.29 is 5.11 Å². The molecule has 2 N–H and O–H groups in total. The highest BCUT2D eigenvalue weighted by Crippen LogP contribution is 2.25. The largest absolute Gasteiger partial charge is 0.396 e. The van der Waals surface area contributed by atoms with Gasteiger partial charge in [-0.2, -0.15) is 0 Å². The molecule has 0 aliphatic carbocycles. The molecule has 98 valence electrons. The molecule has 0 aliphatic rings. The van der Waals surface area contributed by atoms with Crippen molar-refractivity contribution in [1.82, 2.24) is 5.32 Å². The normalized spacial score (nSPS) is 13.3. The van der Waals surface area contributed by atoms with Crippen LogP contribution in [-0.2, 0) is 6.54 Å². The number of nitrogens with one attached hydrogen (secondary N) is 1. The van der Waals surface area contributed by atoms with Gasteiger partial charge in [0.1, 0.15) is 0 Å². The average molecular weight is 263 g/mol. The average Bonchev–Trinajstić information content (AvgIpc) is 2.77. The molecule has 1 aromatic carbocycles. The molecular weight excluding hydrogens is 242 g/mol. The summed E-state index contributed by atoms with van der Waals surface area (Å²) < 4.78 is 1.34. The lowest BCUT2D eigenvalue weighted by Gasteiger charge is -2.21. The Hall–Kier alpha value is -0.900. The van der Waals surface area contributed by atoms with Gasteiger partial charge in [-0.1, -0.05) is 32.0 Å². The molecule has 1 unspecified atom stereocenters. The van der Waals surface area contributed by atoms with Crippen LogP contribution in [0.5, 0.6) is 0 Å². The van der Waals surface area contributed by atoms with Gasteiger partial charge in [0.2, 0.25) is 0 Å². The maximum Gasteiger partial charge on any atom is 0.0445 e. The first-order valence-corrected chi connectivity index (χ1v) is 7.39. The summed E-state index contributed by atoms with van der Waals surface area (Å²) in [6.07, 6.45) is 0.819. The fourth-order valence-corrected chi connectivity index (χ4v) is 3.18. The van der Waals surface area contributed by atoms with Crippen molar-refractivity contribution in [3.63, 3.8) is 0 Å². The molecule has 0 saturated carbocycles. The Kier molecular flexibility index (Phi) is 4.75. The highest BCUT2D eigenvalue weighted by Gasteiger charge is 2.12. The zero-order valence-corrected chi connectivity index (χ0v) is 11.8. The van der Waals surface area contributed by atoms with E-state index in [4.69, 9.17) is 5.11 Å². The number of fused-ring (bicyclic) bond motifs is 1. The third kappa shape index (κ3) is 3.10. The molecule has 0 radical (unpaired) electrons. The Morgan fingerprint density at radius 1 is 1.28 bits per heavy atom. The lowest BCUT2D eigenvalue weighted by atomic mass is 10.0. The molecule has 1 heterocycles. The van der Waals surface area contributed by atoms with Crippen LogP contribution < -0.4 is 5.32 Å². The minimum absolute atomic E-state index is 0.250. The molecule has 0 spiro atoms. The fraction of sp³-hybridized carbons (Fsp3) is 0.467. The molecule has 0 amide bonds. The maximum absolute atomic E-state index is 9.08. The Bertz CT molecular complexity index is 492. The van der Waals surface area contributed by atoms with Crippen LogP contribution in [-0.4, -0.2) is 17.8 Å². The van der Waals surface area contributed by atoms with Crippen LogP contribution in [0.1, 0.15) is 25.8 Å². The second-order valence-corrected chi connectivity index (χ2v) is 5.91. The first kappa shape index (κ1) is 13.5. The van der Waals surface area contributed by atoms with E-state index >= 15 is 0 Å². The maximum atomic E-state index is 9.08. The number of benzene rings is 1. The van der Waals surface area contributed by atoms with E-state index in [-0.39, 0.29) is 6.61 Å². The fourth-order valence-electron chi connectivity index (χ4n) is 2.22. The summed E-state index contributed by atoms with van der Waals surface area (Å²) >= 11 is 1.80. The van der Waals surface area contributed by atoms with E-state index in [9.17, 15) is 0 Å². The van der Waals surface area contributed by atoms with Gasteiger partial charge < -0.3 is 10.4 Å². The van der Waals surface area contributed by atoms with Gasteiger partial charge in [-0.05, 0) is 34.7 Å². The van der Waals surface area contributed by atoms with Crippen LogP contribution in [0.25, 0.3) is 10.1 Å². The third-order valence-electron chi connectivity index (χ3n) is 3.36. The van der Waals surface area contributed by atoms with Gasteiger partial charge in [-0.15, -0.1) is 11.3 Å². The Labute approximate surface area is 113 Å². The summed E-state index contributed by atoms with van der Waals surface area (Å²) in [4.78, 5) is 0. The molecule has 0 bridgehead atoms. The summed E-state index contributed by atoms with van der Waals surface area (Å²) in [7, 11) is 0. The van der Waals surface area contributed by atoms with Crippen LogP contribution >= 0.6 is 11.3 Å². The zero-order valence-electron chi connectivity index (χ0n) is 11.0. The van der Waals surface area contributed by atoms with Crippen molar-refractivity contribution >= 4 is 21.4 Å². The summed E-state index contributed by atoms with van der Waals surface area (Å²) in [5.74, 6) is 0.544. The van der Waals surface area contributed by atoms with Crippen molar-refractivity contribution in [2.75, 3.05) is 6.61 Å². The minimum atomic E-state index is 0.250. The second kappa shape index (κ2) is 6.32. The molecule has 3 heteroatoms. The van der Waals surface area contributed by atoms with E-state index in [0.29, 0.717) is 12.0 Å². The van der Waals surface area contributed by atoms with Crippen molar-refractivity contribution in [3.05, 3.63) is 35.2 Å². The highest BCUT2D eigenvalue weighted by molar-refractivity contribution is 7.17. The number of hydrogen-bond acceptors (Lipinski definition) is 3. The number of rotatable bonds is 6. The molecule has 1 atom stereocenters. The van der Waals surface area contributed by atoms with Crippen molar-refractivity contribution in [2.24, 2.45) is 5.92 Å². The number of thiophene rings is 1. The van der Waals surface area contributed by atoms with Gasteiger partial charge in [0.05, 0.1) is 0 Å². The van der Waals surface area contributed by atoms with E-state index in [1.807, 2.05) is 0 Å². The number of hydrogen-bond donors (Lipinski definition) is 2. The predicted octanol–water partition coefficient (Wildman–Crippen LogP) is 3.40. The molecule has 18 heavy (non-hydrogen) atoms. The van der Waals surface area contributed by atoms with Crippen LogP contribution in [0.2, 0.25) is 0 Å². The summed E-state index contributed by atoms with van der Waals surface area (Å²) in [5.41, 5.74) is 1.36. The van der Waals surface area contributed by atoms with E-state index in [1.54, 1.807) is 11.3 Å². The smallest absolute Gasteiger partial charge is 0.0445 e. The quantitative estimate of drug-likeness (QED) is 0.837. The van der Waals surface area contributed by atoms with Gasteiger partial charge in [-0.3, -0.25) is 0 Å². The van der Waals surface area contributed by atoms with Crippen LogP contribution in [0, 0.1) is 5.92 Å². The van der Waals surface area contributed by atoms with Crippen molar-refractivity contribution in [2.45, 2.75) is 32.9 Å². The zero-order chi connectivity index (χ0) is 13.0. The van der Waals surface area contributed by atoms with E-state index in [0.717, 1.165) is 13.0 Å². The van der Waals surface area contributed by atoms with Crippen LogP contribution in [0.15, 0.2) is 29.6 Å². The Morgan fingerprint density at radius 2 is 2.06 bits per heavy atom. The van der Waals surface area contributed by atoms with E-state index in [1.165, 1.54) is 15.6 Å². The molecule has 2 nitrogen and oxygen atoms in total. The SMILES string of the molecule is CC(C)C(CCO)NCc1csc2ccccc12. The lowest BCUT2D eigenvalue weighted by Crippen LogP contribution is -2.34. The summed E-state index contributed by atoms with van der Waals surface area (Å²) in [5, 5.41) is 16.2. The topological polar surface area (TPSA) is 32.3 Å². The second-order valence-electron chi connectivity index (χ2n) is 5.00. The third-order valence-corrected chi connectivity index (χ3v) is 4.37. The lowest BCUT2D eigenvalue weighted by molar-refractivity contribution is 0.244. The molecule has 1 aromatic heterocycles. The molecule has 0 fully saturated rings. The summed E-state index contributed by atoms with van der Waals surface area (Å²) in [6.45, 7) is 5.52. The number of aliphatic hydroxyl groups excluding tert-OH is 1. The molecule has 0 aliphatic heterocycles. The van der Waals surface area contributed by atoms with Crippen molar-refractivity contribution in [1.29, 1.82) is 0 Å². The first-order chi connectivity index (χ1) is 8.72. The monoisotopic (exact) mass is 263 g/mol. The Balaban J connectivity index is 2.05. The van der Waals surface area contributed by atoms with Crippen LogP contribution in [0.3, 0.4) is 0 Å². The van der Waals surface area contributed by atoms with Gasteiger partial charge in [0.15, 0.2) is 0 Å². The van der Waals surface area contributed by atoms with E-state index < -0.39 is 0 Å². The Morgan fingerprint density at radius 3 is 2.78 bits per heavy atom. The van der Waals surface area contributed by atoms with Gasteiger partial charge in [0.25, 0.3) is 0 Å². The molecule has 0 saturated heterocycles. The van der Waals surface area contributed by atoms with Gasteiger partial charge in [0, 0.05) is 23.9 Å². The minimum Gasteiger partial charge on any atom is -0.396 e.